The lowest BCUT2D eigenvalue weighted by Crippen LogP contribution is -2.02. The predicted octanol–water partition coefficient (Wildman–Crippen LogP) is 0.507. The summed E-state index contributed by atoms with van der Waals surface area (Å²) in [5.41, 5.74) is -0.577. The smallest absolute Gasteiger partial charge is 0.335 e. The third kappa shape index (κ3) is 2.01. The molecule has 1 rings (SSSR count). The molecule has 13 heavy (non-hydrogen) atoms. The number of aromatic carboxylic acids is 1. The number of aliphatic hydroxyl groups is 2. The first-order valence-electron chi connectivity index (χ1n) is 3.41. The third-order valence-corrected chi connectivity index (χ3v) is 1.53. The molecular weight excluding hydrogens is 179 g/mol. The topological polar surface area (TPSA) is 77.8 Å². The van der Waals surface area contributed by atoms with Gasteiger partial charge in [-0.15, -0.1) is 0 Å². The monoisotopic (exact) mass is 186 g/mol. The van der Waals surface area contributed by atoms with E-state index in [2.05, 4.69) is 0 Å². The van der Waals surface area contributed by atoms with Crippen molar-refractivity contribution in [3.8, 4) is 0 Å². The highest BCUT2D eigenvalue weighted by atomic mass is 19.1. The first-order valence-corrected chi connectivity index (χ1v) is 3.41. The van der Waals surface area contributed by atoms with Crippen LogP contribution in [-0.2, 0) is 0 Å². The highest BCUT2D eigenvalue weighted by Crippen LogP contribution is 2.16. The highest BCUT2D eigenvalue weighted by molar-refractivity contribution is 5.87. The van der Waals surface area contributed by atoms with Crippen molar-refractivity contribution in [1.29, 1.82) is 0 Å². The van der Waals surface area contributed by atoms with Gasteiger partial charge in [0, 0.05) is 5.56 Å². The van der Waals surface area contributed by atoms with Crippen molar-refractivity contribution < 1.29 is 24.5 Å². The van der Waals surface area contributed by atoms with E-state index in [0.717, 1.165) is 18.2 Å². The summed E-state index contributed by atoms with van der Waals surface area (Å²) in [6, 6.07) is 2.85. The van der Waals surface area contributed by atoms with Crippen LogP contribution >= 0.6 is 0 Å². The molecule has 0 atom stereocenters. The summed E-state index contributed by atoms with van der Waals surface area (Å²) in [4.78, 5) is 10.3. The average molecular weight is 186 g/mol. The molecule has 0 aliphatic carbocycles. The largest absolute Gasteiger partial charge is 0.478 e. The fraction of sp³-hybridized carbons (Fsp3) is 0.125. The van der Waals surface area contributed by atoms with Gasteiger partial charge in [-0.3, -0.25) is 0 Å². The van der Waals surface area contributed by atoms with Gasteiger partial charge in [0.2, 0.25) is 0 Å². The fourth-order valence-corrected chi connectivity index (χ4v) is 0.870. The first kappa shape index (κ1) is 9.63. The Morgan fingerprint density at radius 3 is 2.38 bits per heavy atom. The highest BCUT2D eigenvalue weighted by Gasteiger charge is 2.12. The van der Waals surface area contributed by atoms with Crippen LogP contribution < -0.4 is 0 Å². The molecule has 0 aromatic heterocycles. The summed E-state index contributed by atoms with van der Waals surface area (Å²) < 4.78 is 12.9. The van der Waals surface area contributed by atoms with Gasteiger partial charge in [-0.25, -0.2) is 9.18 Å². The second-order valence-electron chi connectivity index (χ2n) is 2.42. The number of benzene rings is 1. The SMILES string of the molecule is O=C(O)c1ccc(C(O)O)c(F)c1. The van der Waals surface area contributed by atoms with Gasteiger partial charge in [-0.2, -0.15) is 0 Å². The molecule has 0 heterocycles. The van der Waals surface area contributed by atoms with Gasteiger partial charge < -0.3 is 15.3 Å². The zero-order valence-electron chi connectivity index (χ0n) is 6.44. The Hall–Kier alpha value is -1.46. The van der Waals surface area contributed by atoms with Crippen LogP contribution in [0, 0.1) is 5.82 Å². The lowest BCUT2D eigenvalue weighted by molar-refractivity contribution is -0.0449. The summed E-state index contributed by atoms with van der Waals surface area (Å²) in [6.45, 7) is 0. The van der Waals surface area contributed by atoms with E-state index >= 15 is 0 Å². The number of hydrogen-bond donors (Lipinski definition) is 3. The number of hydrogen-bond acceptors (Lipinski definition) is 3. The van der Waals surface area contributed by atoms with Crippen LogP contribution in [-0.4, -0.2) is 21.3 Å². The molecule has 0 aliphatic rings. The van der Waals surface area contributed by atoms with E-state index in [1.807, 2.05) is 0 Å². The van der Waals surface area contributed by atoms with Crippen LogP contribution in [0.3, 0.4) is 0 Å². The molecule has 1 aromatic carbocycles. The lowest BCUT2D eigenvalue weighted by atomic mass is 10.1. The molecule has 0 aliphatic heterocycles. The molecule has 0 fully saturated rings. The molecule has 4 nitrogen and oxygen atoms in total. The van der Waals surface area contributed by atoms with Crippen LogP contribution in [0.4, 0.5) is 4.39 Å². The molecule has 0 spiro atoms. The van der Waals surface area contributed by atoms with Gasteiger partial charge in [0.25, 0.3) is 0 Å². The minimum atomic E-state index is -1.93. The Kier molecular flexibility index (Phi) is 2.60. The summed E-state index contributed by atoms with van der Waals surface area (Å²) in [6.07, 6.45) is -1.93. The van der Waals surface area contributed by atoms with Crippen molar-refractivity contribution in [3.63, 3.8) is 0 Å². The second-order valence-corrected chi connectivity index (χ2v) is 2.42. The number of halogens is 1. The number of carbonyl (C=O) groups is 1. The summed E-state index contributed by atoms with van der Waals surface area (Å²) in [5, 5.41) is 25.7. The number of carboxylic acids is 1. The Balaban J connectivity index is 3.13. The van der Waals surface area contributed by atoms with Crippen molar-refractivity contribution >= 4 is 5.97 Å². The van der Waals surface area contributed by atoms with E-state index in [0.29, 0.717) is 0 Å². The molecule has 0 bridgehead atoms. The maximum atomic E-state index is 12.9. The number of aliphatic hydroxyl groups excluding tert-OH is 1. The zero-order chi connectivity index (χ0) is 10.0. The van der Waals surface area contributed by atoms with E-state index in [1.54, 1.807) is 0 Å². The van der Waals surface area contributed by atoms with Crippen molar-refractivity contribution in [1.82, 2.24) is 0 Å². The molecule has 0 amide bonds. The lowest BCUT2D eigenvalue weighted by Gasteiger charge is -2.05. The van der Waals surface area contributed by atoms with Crippen LogP contribution in [0.5, 0.6) is 0 Å². The van der Waals surface area contributed by atoms with E-state index in [4.69, 9.17) is 15.3 Å². The van der Waals surface area contributed by atoms with Crippen molar-refractivity contribution in [2.75, 3.05) is 0 Å². The normalized spacial score (nSPS) is 10.5. The van der Waals surface area contributed by atoms with Crippen LogP contribution in [0.1, 0.15) is 22.2 Å². The van der Waals surface area contributed by atoms with E-state index < -0.39 is 18.1 Å². The van der Waals surface area contributed by atoms with E-state index in [-0.39, 0.29) is 11.1 Å². The Labute approximate surface area is 72.9 Å². The molecule has 0 saturated heterocycles. The van der Waals surface area contributed by atoms with Gasteiger partial charge in [0.15, 0.2) is 6.29 Å². The molecule has 3 N–H and O–H groups in total. The standard InChI is InChI=1S/C8H7FO4/c9-6-3-4(7(10)11)1-2-5(6)8(12)13/h1-3,8,12-13H,(H,10,11). The molecule has 5 heteroatoms. The van der Waals surface area contributed by atoms with E-state index in [1.165, 1.54) is 0 Å². The van der Waals surface area contributed by atoms with Crippen LogP contribution in [0.25, 0.3) is 0 Å². The fourth-order valence-electron chi connectivity index (χ4n) is 0.870. The van der Waals surface area contributed by atoms with E-state index in [9.17, 15) is 9.18 Å². The molecule has 70 valence electrons. The predicted molar refractivity (Wildman–Crippen MR) is 40.5 cm³/mol. The maximum Gasteiger partial charge on any atom is 0.335 e. The second kappa shape index (κ2) is 3.51. The first-order chi connectivity index (χ1) is 6.02. The van der Waals surface area contributed by atoms with Gasteiger partial charge in [-0.05, 0) is 12.1 Å². The summed E-state index contributed by atoms with van der Waals surface area (Å²) >= 11 is 0. The Morgan fingerprint density at radius 1 is 1.38 bits per heavy atom. The van der Waals surface area contributed by atoms with Gasteiger partial charge >= 0.3 is 5.97 Å². The number of rotatable bonds is 2. The van der Waals surface area contributed by atoms with Crippen molar-refractivity contribution in [2.45, 2.75) is 6.29 Å². The minimum absolute atomic E-state index is 0.234. The maximum absolute atomic E-state index is 12.9. The number of carboxylic acid groups (broad SMARTS) is 1. The van der Waals surface area contributed by atoms with Crippen LogP contribution in [0.2, 0.25) is 0 Å². The molecule has 1 aromatic rings. The minimum Gasteiger partial charge on any atom is -0.478 e. The molecular formula is C8H7FO4. The van der Waals surface area contributed by atoms with Crippen LogP contribution in [0.15, 0.2) is 18.2 Å². The Morgan fingerprint density at radius 2 is 2.00 bits per heavy atom. The molecule has 0 unspecified atom stereocenters. The average Bonchev–Trinajstić information content (AvgIpc) is 2.03. The third-order valence-electron chi connectivity index (χ3n) is 1.53. The molecule has 0 saturated carbocycles. The van der Waals surface area contributed by atoms with Crippen molar-refractivity contribution in [2.24, 2.45) is 0 Å². The van der Waals surface area contributed by atoms with Gasteiger partial charge in [0.05, 0.1) is 5.56 Å². The Bertz CT molecular complexity index is 335. The van der Waals surface area contributed by atoms with Crippen molar-refractivity contribution in [3.05, 3.63) is 35.1 Å². The summed E-state index contributed by atoms with van der Waals surface area (Å²) in [7, 11) is 0. The van der Waals surface area contributed by atoms with Gasteiger partial charge in [-0.1, -0.05) is 6.07 Å². The quantitative estimate of drug-likeness (QED) is 0.588. The van der Waals surface area contributed by atoms with Gasteiger partial charge in [0.1, 0.15) is 5.82 Å². The zero-order valence-corrected chi connectivity index (χ0v) is 6.44. The molecule has 0 radical (unpaired) electrons. The summed E-state index contributed by atoms with van der Waals surface area (Å²) in [5.74, 6) is -2.22.